The summed E-state index contributed by atoms with van der Waals surface area (Å²) in [6, 6.07) is 1.43. The van der Waals surface area contributed by atoms with Crippen LogP contribution in [0.3, 0.4) is 0 Å². The van der Waals surface area contributed by atoms with E-state index in [4.69, 9.17) is 9.63 Å². The molecule has 1 rings (SSSR count). The van der Waals surface area contributed by atoms with E-state index in [1.54, 1.807) is 0 Å². The first-order valence-electron chi connectivity index (χ1n) is 5.93. The number of amides is 1. The fourth-order valence-electron chi connectivity index (χ4n) is 1.59. The van der Waals surface area contributed by atoms with E-state index < -0.39 is 0 Å². The molecular formula is C11H20N3O3P. The van der Waals surface area contributed by atoms with Crippen LogP contribution in [0.1, 0.15) is 42.9 Å². The normalized spacial score (nSPS) is 11.6. The van der Waals surface area contributed by atoms with Crippen LogP contribution in [-0.2, 0) is 6.61 Å². The van der Waals surface area contributed by atoms with Gasteiger partial charge in [0.25, 0.3) is 5.91 Å². The first-order chi connectivity index (χ1) is 8.60. The molecule has 3 N–H and O–H groups in total. The summed E-state index contributed by atoms with van der Waals surface area (Å²) in [6.07, 6.45) is 1.79. The summed E-state index contributed by atoms with van der Waals surface area (Å²) in [4.78, 5) is 11.8. The number of aliphatic hydroxyl groups is 1. The zero-order valence-electron chi connectivity index (χ0n) is 10.7. The summed E-state index contributed by atoms with van der Waals surface area (Å²) in [6.45, 7) is 4.37. The largest absolute Gasteiger partial charge is 0.388 e. The van der Waals surface area contributed by atoms with Crippen molar-refractivity contribution in [1.29, 1.82) is 0 Å². The van der Waals surface area contributed by atoms with Gasteiger partial charge in [0.1, 0.15) is 6.61 Å². The molecule has 1 aromatic heterocycles. The third-order valence-electron chi connectivity index (χ3n) is 3.19. The van der Waals surface area contributed by atoms with Crippen LogP contribution in [0.25, 0.3) is 0 Å². The Hall–Kier alpha value is -0.970. The van der Waals surface area contributed by atoms with Gasteiger partial charge in [-0.15, -0.1) is 0 Å². The molecule has 7 heteroatoms. The monoisotopic (exact) mass is 273 g/mol. The fraction of sp³-hybridized carbons (Fsp3) is 0.636. The lowest BCUT2D eigenvalue weighted by molar-refractivity contribution is 0.0931. The zero-order valence-corrected chi connectivity index (χ0v) is 11.8. The van der Waals surface area contributed by atoms with Gasteiger partial charge in [-0.2, -0.15) is 0 Å². The number of nitrogens with one attached hydrogen (secondary N) is 2. The van der Waals surface area contributed by atoms with Gasteiger partial charge in [-0.1, -0.05) is 28.4 Å². The Morgan fingerprint density at radius 2 is 2.22 bits per heavy atom. The van der Waals surface area contributed by atoms with Crippen LogP contribution in [0, 0.1) is 0 Å². The molecule has 1 atom stereocenters. The number of nitrogens with zero attached hydrogens (tertiary/aromatic N) is 1. The van der Waals surface area contributed by atoms with Crippen LogP contribution in [-0.4, -0.2) is 28.3 Å². The predicted molar refractivity (Wildman–Crippen MR) is 70.9 cm³/mol. The molecular weight excluding hydrogens is 253 g/mol. The summed E-state index contributed by atoms with van der Waals surface area (Å²) in [5.41, 5.74) is 0.0491. The minimum Gasteiger partial charge on any atom is -0.388 e. The van der Waals surface area contributed by atoms with Crippen molar-refractivity contribution in [3.05, 3.63) is 17.5 Å². The third-order valence-corrected chi connectivity index (χ3v) is 3.81. The van der Waals surface area contributed by atoms with Crippen LogP contribution >= 0.6 is 9.39 Å². The minimum atomic E-state index is -0.301. The highest BCUT2D eigenvalue weighted by molar-refractivity contribution is 7.13. The summed E-state index contributed by atoms with van der Waals surface area (Å²) < 4.78 is 4.77. The third kappa shape index (κ3) is 3.51. The Kier molecular flexibility index (Phi) is 5.72. The smallest absolute Gasteiger partial charge is 0.273 e. The molecule has 0 bridgehead atoms. The lowest BCUT2D eigenvalue weighted by Gasteiger charge is -2.31. The molecule has 0 aromatic carbocycles. The van der Waals surface area contributed by atoms with Crippen molar-refractivity contribution in [3.8, 4) is 0 Å². The zero-order chi connectivity index (χ0) is 13.6. The molecule has 1 aromatic rings. The molecule has 0 saturated carbocycles. The summed E-state index contributed by atoms with van der Waals surface area (Å²) in [7, 11) is 2.49. The molecule has 6 nitrogen and oxygen atoms in total. The molecule has 0 spiro atoms. The van der Waals surface area contributed by atoms with E-state index >= 15 is 0 Å². The maximum absolute atomic E-state index is 11.8. The Balaban J connectivity index is 2.59. The number of rotatable bonds is 7. The van der Waals surface area contributed by atoms with Gasteiger partial charge in [-0.05, 0) is 12.8 Å². The SMILES string of the molecule is CCC(CC)(CNC(=O)c1cc(CO)on1)NP. The van der Waals surface area contributed by atoms with Crippen molar-refractivity contribution in [2.75, 3.05) is 6.54 Å². The maximum Gasteiger partial charge on any atom is 0.273 e. The van der Waals surface area contributed by atoms with Crippen molar-refractivity contribution in [1.82, 2.24) is 15.6 Å². The molecule has 0 saturated heterocycles. The lowest BCUT2D eigenvalue weighted by atomic mass is 9.94. The minimum absolute atomic E-state index is 0.135. The van der Waals surface area contributed by atoms with E-state index in [1.807, 2.05) is 0 Å². The number of aromatic nitrogens is 1. The summed E-state index contributed by atoms with van der Waals surface area (Å²) in [5.74, 6) is -0.0217. The molecule has 1 heterocycles. The van der Waals surface area contributed by atoms with Crippen LogP contribution in [0.15, 0.2) is 10.6 Å². The molecule has 1 unspecified atom stereocenters. The second kappa shape index (κ2) is 6.83. The van der Waals surface area contributed by atoms with Crippen molar-refractivity contribution in [3.63, 3.8) is 0 Å². The van der Waals surface area contributed by atoms with E-state index in [0.717, 1.165) is 12.8 Å². The molecule has 18 heavy (non-hydrogen) atoms. The first kappa shape index (κ1) is 15.1. The molecule has 0 aliphatic carbocycles. The van der Waals surface area contributed by atoms with E-state index in [1.165, 1.54) is 6.07 Å². The van der Waals surface area contributed by atoms with Gasteiger partial charge in [0, 0.05) is 18.2 Å². The highest BCUT2D eigenvalue weighted by atomic mass is 31.0. The van der Waals surface area contributed by atoms with Gasteiger partial charge in [0.15, 0.2) is 11.5 Å². The number of aliphatic hydroxyl groups excluding tert-OH is 1. The van der Waals surface area contributed by atoms with Crippen LogP contribution in [0.5, 0.6) is 0 Å². The molecule has 0 radical (unpaired) electrons. The van der Waals surface area contributed by atoms with E-state index in [0.29, 0.717) is 6.54 Å². The Morgan fingerprint density at radius 1 is 1.56 bits per heavy atom. The maximum atomic E-state index is 11.8. The van der Waals surface area contributed by atoms with Gasteiger partial charge < -0.3 is 14.9 Å². The Morgan fingerprint density at radius 3 is 2.67 bits per heavy atom. The number of carbonyl (C=O) groups is 1. The molecule has 0 fully saturated rings. The van der Waals surface area contributed by atoms with Gasteiger partial charge in [-0.3, -0.25) is 9.88 Å². The second-order valence-corrected chi connectivity index (χ2v) is 4.44. The van der Waals surface area contributed by atoms with Gasteiger partial charge in [0.05, 0.1) is 0 Å². The molecule has 0 aliphatic rings. The van der Waals surface area contributed by atoms with Crippen molar-refractivity contribution in [2.24, 2.45) is 0 Å². The van der Waals surface area contributed by atoms with Gasteiger partial charge >= 0.3 is 0 Å². The standard InChI is InChI=1S/C11H20N3O3P/c1-3-11(4-2,14-18)7-12-10(16)9-5-8(6-15)17-13-9/h5,14-15H,3-4,6-7,18H2,1-2H3,(H,12,16). The van der Waals surface area contributed by atoms with Crippen LogP contribution in [0.2, 0.25) is 0 Å². The molecule has 0 aliphatic heterocycles. The topological polar surface area (TPSA) is 87.4 Å². The highest BCUT2D eigenvalue weighted by Gasteiger charge is 2.25. The average Bonchev–Trinajstić information content (AvgIpc) is 2.89. The fourth-order valence-corrected chi connectivity index (χ4v) is 2.10. The molecule has 1 amide bonds. The van der Waals surface area contributed by atoms with Gasteiger partial charge in [-0.25, -0.2) is 0 Å². The van der Waals surface area contributed by atoms with Crippen molar-refractivity contribution < 1.29 is 14.4 Å². The van der Waals surface area contributed by atoms with Crippen molar-refractivity contribution in [2.45, 2.75) is 38.8 Å². The number of hydrogen-bond acceptors (Lipinski definition) is 5. The highest BCUT2D eigenvalue weighted by Crippen LogP contribution is 2.15. The van der Waals surface area contributed by atoms with Crippen LogP contribution < -0.4 is 10.4 Å². The quantitative estimate of drug-likeness (QED) is 0.641. The second-order valence-electron chi connectivity index (χ2n) is 4.15. The van der Waals surface area contributed by atoms with E-state index in [2.05, 4.69) is 38.8 Å². The number of carbonyl (C=O) groups excluding carboxylic acids is 1. The predicted octanol–water partition coefficient (Wildman–Crippen LogP) is 0.835. The summed E-state index contributed by atoms with van der Waals surface area (Å²) >= 11 is 0. The Labute approximate surface area is 109 Å². The first-order valence-corrected chi connectivity index (χ1v) is 6.51. The molecule has 102 valence electrons. The van der Waals surface area contributed by atoms with E-state index in [-0.39, 0.29) is 29.5 Å². The number of hydrogen-bond donors (Lipinski definition) is 3. The van der Waals surface area contributed by atoms with Gasteiger partial charge in [0.2, 0.25) is 0 Å². The van der Waals surface area contributed by atoms with Crippen LogP contribution in [0.4, 0.5) is 0 Å². The lowest BCUT2D eigenvalue weighted by Crippen LogP contribution is -2.49. The average molecular weight is 273 g/mol. The van der Waals surface area contributed by atoms with Crippen molar-refractivity contribution >= 4 is 15.3 Å². The Bertz CT molecular complexity index is 382. The van der Waals surface area contributed by atoms with E-state index in [9.17, 15) is 4.79 Å². The summed E-state index contributed by atoms with van der Waals surface area (Å²) in [5, 5.41) is 18.4.